The molecule has 164 valence electrons. The van der Waals surface area contributed by atoms with Crippen molar-refractivity contribution in [2.75, 3.05) is 20.6 Å². The van der Waals surface area contributed by atoms with Crippen LogP contribution >= 0.6 is 11.6 Å². The van der Waals surface area contributed by atoms with E-state index in [-0.39, 0.29) is 22.8 Å². The van der Waals surface area contributed by atoms with Gasteiger partial charge in [0, 0.05) is 11.6 Å². The number of carbonyl (C=O) groups is 1. The Morgan fingerprint density at radius 3 is 2.20 bits per heavy atom. The fourth-order valence-electron chi connectivity index (χ4n) is 3.07. The molecule has 0 heterocycles. The van der Waals surface area contributed by atoms with E-state index in [0.717, 1.165) is 11.1 Å². The maximum absolute atomic E-state index is 12.9. The predicted molar refractivity (Wildman–Crippen MR) is 121 cm³/mol. The molecule has 1 amide bonds. The summed E-state index contributed by atoms with van der Waals surface area (Å²) >= 11 is 6.33. The number of nitrogens with one attached hydrogen (secondary N) is 2. The number of nitrogens with zero attached hydrogens (tertiary/aromatic N) is 1. The minimum atomic E-state index is -3.82. The van der Waals surface area contributed by atoms with E-state index in [2.05, 4.69) is 10.0 Å². The van der Waals surface area contributed by atoms with Crippen LogP contribution in [0.15, 0.2) is 53.4 Å². The summed E-state index contributed by atoms with van der Waals surface area (Å²) < 4.78 is 28.1. The van der Waals surface area contributed by atoms with Crippen molar-refractivity contribution in [1.29, 1.82) is 0 Å². The Morgan fingerprint density at radius 1 is 1.07 bits per heavy atom. The van der Waals surface area contributed by atoms with Gasteiger partial charge in [0.1, 0.15) is 6.04 Å². The van der Waals surface area contributed by atoms with E-state index in [1.807, 2.05) is 50.2 Å². The largest absolute Gasteiger partial charge is 0.353 e. The molecular formula is C22H30ClN3O3S. The number of benzene rings is 2. The summed E-state index contributed by atoms with van der Waals surface area (Å²) in [4.78, 5) is 15.0. The lowest BCUT2D eigenvalue weighted by Gasteiger charge is -2.28. The van der Waals surface area contributed by atoms with Crippen molar-refractivity contribution < 1.29 is 13.2 Å². The van der Waals surface area contributed by atoms with E-state index in [9.17, 15) is 13.2 Å². The SMILES string of the molecule is Cc1ccc(S(=O)(=O)N[C@@H](C(=O)NC[C@H](c2ccccc2Cl)N(C)C)C(C)C)cc1. The molecule has 6 nitrogen and oxygen atoms in total. The van der Waals surface area contributed by atoms with Gasteiger partial charge in [-0.2, -0.15) is 4.72 Å². The first-order chi connectivity index (χ1) is 14.0. The molecule has 0 aliphatic rings. The molecule has 0 saturated carbocycles. The molecule has 30 heavy (non-hydrogen) atoms. The Hall–Kier alpha value is -1.93. The second-order valence-electron chi connectivity index (χ2n) is 7.90. The quantitative estimate of drug-likeness (QED) is 0.612. The highest BCUT2D eigenvalue weighted by Crippen LogP contribution is 2.25. The Kier molecular flexibility index (Phi) is 8.43. The van der Waals surface area contributed by atoms with E-state index in [1.54, 1.807) is 26.0 Å². The van der Waals surface area contributed by atoms with Gasteiger partial charge in [0.2, 0.25) is 15.9 Å². The van der Waals surface area contributed by atoms with Gasteiger partial charge in [-0.05, 0) is 50.7 Å². The Bertz CT molecular complexity index is 960. The number of carbonyl (C=O) groups excluding carboxylic acids is 1. The summed E-state index contributed by atoms with van der Waals surface area (Å²) in [5, 5.41) is 3.50. The number of hydrogen-bond acceptors (Lipinski definition) is 4. The molecule has 0 aromatic heterocycles. The van der Waals surface area contributed by atoms with Crippen LogP contribution in [0.5, 0.6) is 0 Å². The van der Waals surface area contributed by atoms with Gasteiger partial charge in [-0.25, -0.2) is 8.42 Å². The van der Waals surface area contributed by atoms with Crippen LogP contribution in [0.3, 0.4) is 0 Å². The summed E-state index contributed by atoms with van der Waals surface area (Å²) in [6.45, 7) is 5.79. The number of amides is 1. The Morgan fingerprint density at radius 2 is 1.67 bits per heavy atom. The molecule has 8 heteroatoms. The fraction of sp³-hybridized carbons (Fsp3) is 0.409. The first-order valence-corrected chi connectivity index (χ1v) is 11.7. The van der Waals surface area contributed by atoms with Gasteiger partial charge in [0.05, 0.1) is 10.9 Å². The second-order valence-corrected chi connectivity index (χ2v) is 10.0. The van der Waals surface area contributed by atoms with Crippen LogP contribution in [0.4, 0.5) is 0 Å². The molecule has 0 unspecified atom stereocenters. The molecule has 0 radical (unpaired) electrons. The zero-order valence-electron chi connectivity index (χ0n) is 18.0. The summed E-state index contributed by atoms with van der Waals surface area (Å²) in [5.41, 5.74) is 1.85. The first-order valence-electron chi connectivity index (χ1n) is 9.80. The normalized spacial score (nSPS) is 14.0. The molecule has 2 aromatic rings. The zero-order chi connectivity index (χ0) is 22.5. The average molecular weight is 452 g/mol. The van der Waals surface area contributed by atoms with Crippen LogP contribution in [0.2, 0.25) is 5.02 Å². The lowest BCUT2D eigenvalue weighted by atomic mass is 10.0. The number of aryl methyl sites for hydroxylation is 1. The predicted octanol–water partition coefficient (Wildman–Crippen LogP) is 3.37. The summed E-state index contributed by atoms with van der Waals surface area (Å²) in [7, 11) is -0.0165. The van der Waals surface area contributed by atoms with Gasteiger partial charge >= 0.3 is 0 Å². The zero-order valence-corrected chi connectivity index (χ0v) is 19.6. The van der Waals surface area contributed by atoms with E-state index in [0.29, 0.717) is 11.6 Å². The monoisotopic (exact) mass is 451 g/mol. The van der Waals surface area contributed by atoms with Gasteiger partial charge < -0.3 is 10.2 Å². The fourth-order valence-corrected chi connectivity index (χ4v) is 4.67. The van der Waals surface area contributed by atoms with Gasteiger partial charge in [-0.15, -0.1) is 0 Å². The number of sulfonamides is 1. The highest BCUT2D eigenvalue weighted by molar-refractivity contribution is 7.89. The number of halogens is 1. The molecule has 0 aliphatic heterocycles. The minimum Gasteiger partial charge on any atom is -0.353 e. The summed E-state index contributed by atoms with van der Waals surface area (Å²) in [6, 6.07) is 12.9. The van der Waals surface area contributed by atoms with Gasteiger partial charge in [-0.1, -0.05) is 61.3 Å². The maximum Gasteiger partial charge on any atom is 0.241 e. The molecule has 0 spiro atoms. The van der Waals surface area contributed by atoms with Crippen LogP contribution in [0, 0.1) is 12.8 Å². The van der Waals surface area contributed by atoms with Crippen molar-refractivity contribution in [2.24, 2.45) is 5.92 Å². The number of rotatable bonds is 9. The van der Waals surface area contributed by atoms with Crippen molar-refractivity contribution in [3.8, 4) is 0 Å². The van der Waals surface area contributed by atoms with Crippen molar-refractivity contribution in [3.63, 3.8) is 0 Å². The summed E-state index contributed by atoms with van der Waals surface area (Å²) in [5.74, 6) is -0.608. The Balaban J connectivity index is 2.15. The molecule has 2 atom stereocenters. The van der Waals surface area contributed by atoms with E-state index in [4.69, 9.17) is 11.6 Å². The molecule has 0 saturated heterocycles. The number of likely N-dealkylation sites (N-methyl/N-ethyl adjacent to an activating group) is 1. The third-order valence-corrected chi connectivity index (χ3v) is 6.72. The maximum atomic E-state index is 12.9. The van der Waals surface area contributed by atoms with Crippen molar-refractivity contribution >= 4 is 27.5 Å². The summed E-state index contributed by atoms with van der Waals surface area (Å²) in [6.07, 6.45) is 0. The van der Waals surface area contributed by atoms with Crippen LogP contribution in [-0.4, -0.2) is 45.9 Å². The van der Waals surface area contributed by atoms with E-state index < -0.39 is 16.1 Å². The lowest BCUT2D eigenvalue weighted by molar-refractivity contribution is -0.123. The topological polar surface area (TPSA) is 78.5 Å². The smallest absolute Gasteiger partial charge is 0.241 e. The van der Waals surface area contributed by atoms with E-state index >= 15 is 0 Å². The third-order valence-electron chi connectivity index (χ3n) is 4.92. The highest BCUT2D eigenvalue weighted by atomic mass is 35.5. The average Bonchev–Trinajstić information content (AvgIpc) is 2.67. The van der Waals surface area contributed by atoms with Crippen molar-refractivity contribution in [3.05, 3.63) is 64.7 Å². The van der Waals surface area contributed by atoms with Gasteiger partial charge in [0.25, 0.3) is 0 Å². The first kappa shape index (κ1) is 24.3. The van der Waals surface area contributed by atoms with Crippen LogP contribution in [-0.2, 0) is 14.8 Å². The Labute approximate surface area is 184 Å². The lowest BCUT2D eigenvalue weighted by Crippen LogP contribution is -2.50. The van der Waals surface area contributed by atoms with Crippen LogP contribution in [0.25, 0.3) is 0 Å². The standard InChI is InChI=1S/C22H30ClN3O3S/c1-15(2)21(25-30(28,29)17-12-10-16(3)11-13-17)22(27)24-14-20(26(4)5)18-8-6-7-9-19(18)23/h6-13,15,20-21,25H,14H2,1-5H3,(H,24,27)/t20-,21-/m1/s1. The van der Waals surface area contributed by atoms with Gasteiger partial charge in [0.15, 0.2) is 0 Å². The van der Waals surface area contributed by atoms with E-state index in [1.165, 1.54) is 12.1 Å². The number of hydrogen-bond donors (Lipinski definition) is 2. The molecule has 0 bridgehead atoms. The van der Waals surface area contributed by atoms with Crippen molar-refractivity contribution in [2.45, 2.75) is 37.8 Å². The molecule has 0 fully saturated rings. The van der Waals surface area contributed by atoms with Crippen LogP contribution in [0.1, 0.15) is 31.0 Å². The molecule has 2 aromatic carbocycles. The third kappa shape index (κ3) is 6.28. The molecule has 0 aliphatic carbocycles. The highest BCUT2D eigenvalue weighted by Gasteiger charge is 2.29. The van der Waals surface area contributed by atoms with Crippen LogP contribution < -0.4 is 10.0 Å². The molecule has 2 N–H and O–H groups in total. The second kappa shape index (κ2) is 10.4. The van der Waals surface area contributed by atoms with Crippen molar-refractivity contribution in [1.82, 2.24) is 14.9 Å². The molecular weight excluding hydrogens is 422 g/mol. The minimum absolute atomic E-state index is 0.133. The molecule has 2 rings (SSSR count). The van der Waals surface area contributed by atoms with Gasteiger partial charge in [-0.3, -0.25) is 4.79 Å².